The Morgan fingerprint density at radius 3 is 2.43 bits per heavy atom. The maximum atomic E-state index is 12.7. The zero-order chi connectivity index (χ0) is 20.0. The molecule has 5 nitrogen and oxygen atoms in total. The highest BCUT2D eigenvalue weighted by Gasteiger charge is 2.25. The van der Waals surface area contributed by atoms with E-state index in [0.29, 0.717) is 43.9 Å². The Morgan fingerprint density at radius 1 is 1.11 bits per heavy atom. The van der Waals surface area contributed by atoms with E-state index in [2.05, 4.69) is 0 Å². The Morgan fingerprint density at radius 2 is 1.82 bits per heavy atom. The Hall–Kier alpha value is -1.70. The highest BCUT2D eigenvalue weighted by atomic mass is 32.2. The normalized spacial score (nSPS) is 15.5. The van der Waals surface area contributed by atoms with Crippen molar-refractivity contribution in [3.8, 4) is 0 Å². The molecule has 1 aliphatic heterocycles. The maximum absolute atomic E-state index is 12.7. The van der Waals surface area contributed by atoms with Gasteiger partial charge in [0, 0.05) is 30.9 Å². The molecule has 0 unspecified atom stereocenters. The monoisotopic (exact) mass is 420 g/mol. The molecular weight excluding hydrogens is 392 g/mol. The SMILES string of the molecule is CCN(Cc1cccs1)C(=O)CCc1ccc(S(=O)(=O)N2CCCCC2)cc1. The molecule has 1 fully saturated rings. The lowest BCUT2D eigenvalue weighted by Gasteiger charge is -2.25. The molecule has 0 bridgehead atoms. The van der Waals surface area contributed by atoms with Crippen molar-refractivity contribution in [1.82, 2.24) is 9.21 Å². The fourth-order valence-electron chi connectivity index (χ4n) is 3.46. The summed E-state index contributed by atoms with van der Waals surface area (Å²) in [5, 5.41) is 2.02. The van der Waals surface area contributed by atoms with E-state index in [4.69, 9.17) is 0 Å². The van der Waals surface area contributed by atoms with Gasteiger partial charge in [-0.25, -0.2) is 8.42 Å². The van der Waals surface area contributed by atoms with Gasteiger partial charge in [0.2, 0.25) is 15.9 Å². The molecule has 2 aromatic rings. The van der Waals surface area contributed by atoms with Crippen LogP contribution in [0.4, 0.5) is 0 Å². The Kier molecular flexibility index (Phi) is 7.26. The van der Waals surface area contributed by atoms with E-state index in [1.54, 1.807) is 27.8 Å². The topological polar surface area (TPSA) is 57.7 Å². The van der Waals surface area contributed by atoms with E-state index in [9.17, 15) is 13.2 Å². The van der Waals surface area contributed by atoms with Crippen molar-refractivity contribution in [1.29, 1.82) is 0 Å². The van der Waals surface area contributed by atoms with Crippen LogP contribution in [0.3, 0.4) is 0 Å². The highest BCUT2D eigenvalue weighted by molar-refractivity contribution is 7.89. The second-order valence-corrected chi connectivity index (χ2v) is 10.1. The molecule has 0 saturated carbocycles. The average molecular weight is 421 g/mol. The van der Waals surface area contributed by atoms with E-state index >= 15 is 0 Å². The third-order valence-electron chi connectivity index (χ3n) is 5.16. The highest BCUT2D eigenvalue weighted by Crippen LogP contribution is 2.21. The molecule has 1 aromatic carbocycles. The molecule has 28 heavy (non-hydrogen) atoms. The van der Waals surface area contributed by atoms with Crippen LogP contribution < -0.4 is 0 Å². The minimum atomic E-state index is -3.40. The van der Waals surface area contributed by atoms with E-state index in [-0.39, 0.29) is 5.91 Å². The van der Waals surface area contributed by atoms with Gasteiger partial charge in [0.05, 0.1) is 11.4 Å². The fourth-order valence-corrected chi connectivity index (χ4v) is 5.70. The van der Waals surface area contributed by atoms with E-state index < -0.39 is 10.0 Å². The number of carbonyl (C=O) groups excluding carboxylic acids is 1. The number of nitrogens with zero attached hydrogens (tertiary/aromatic N) is 2. The lowest BCUT2D eigenvalue weighted by Crippen LogP contribution is -2.35. The van der Waals surface area contributed by atoms with Crippen LogP contribution in [0.2, 0.25) is 0 Å². The summed E-state index contributed by atoms with van der Waals surface area (Å²) in [6, 6.07) is 11.1. The summed E-state index contributed by atoms with van der Waals surface area (Å²) in [6.07, 6.45) is 4.00. The Labute approximate surface area is 172 Å². The van der Waals surface area contributed by atoms with Gasteiger partial charge in [-0.15, -0.1) is 11.3 Å². The molecule has 0 aliphatic carbocycles. The van der Waals surface area contributed by atoms with E-state index in [0.717, 1.165) is 24.8 Å². The standard InChI is InChI=1S/C21H28N2O3S2/c1-2-22(17-19-7-6-16-27-19)21(24)13-10-18-8-11-20(12-9-18)28(25,26)23-14-4-3-5-15-23/h6-9,11-12,16H,2-5,10,13-15,17H2,1H3. The third-order valence-corrected chi connectivity index (χ3v) is 7.94. The smallest absolute Gasteiger partial charge is 0.243 e. The first kappa shape index (κ1) is 21.0. The van der Waals surface area contributed by atoms with Gasteiger partial charge in [-0.3, -0.25) is 4.79 Å². The molecule has 152 valence electrons. The number of hydrogen-bond acceptors (Lipinski definition) is 4. The van der Waals surface area contributed by atoms with Crippen molar-refractivity contribution in [2.24, 2.45) is 0 Å². The largest absolute Gasteiger partial charge is 0.338 e. The van der Waals surface area contributed by atoms with Crippen LogP contribution in [0.25, 0.3) is 0 Å². The van der Waals surface area contributed by atoms with Crippen LogP contribution in [0.5, 0.6) is 0 Å². The average Bonchev–Trinajstić information content (AvgIpc) is 3.24. The first-order chi connectivity index (χ1) is 13.5. The van der Waals surface area contributed by atoms with Gasteiger partial charge in [-0.2, -0.15) is 4.31 Å². The van der Waals surface area contributed by atoms with Crippen LogP contribution in [0.15, 0.2) is 46.7 Å². The molecule has 7 heteroatoms. The number of carbonyl (C=O) groups is 1. The van der Waals surface area contributed by atoms with Crippen LogP contribution in [0.1, 0.15) is 43.0 Å². The molecule has 1 aromatic heterocycles. The first-order valence-electron chi connectivity index (χ1n) is 9.90. The fraction of sp³-hybridized carbons (Fsp3) is 0.476. The van der Waals surface area contributed by atoms with Crippen LogP contribution in [-0.4, -0.2) is 43.2 Å². The summed E-state index contributed by atoms with van der Waals surface area (Å²) in [7, 11) is -3.40. The van der Waals surface area contributed by atoms with Gasteiger partial charge < -0.3 is 4.90 Å². The number of rotatable bonds is 8. The van der Waals surface area contributed by atoms with Crippen LogP contribution in [0, 0.1) is 0 Å². The van der Waals surface area contributed by atoms with Gasteiger partial charge in [-0.1, -0.05) is 24.6 Å². The third kappa shape index (κ3) is 5.21. The van der Waals surface area contributed by atoms with Gasteiger partial charge >= 0.3 is 0 Å². The van der Waals surface area contributed by atoms with Crippen molar-refractivity contribution in [2.45, 2.75) is 50.5 Å². The second kappa shape index (κ2) is 9.67. The molecule has 1 amide bonds. The zero-order valence-corrected chi connectivity index (χ0v) is 18.0. The molecule has 3 rings (SSSR count). The first-order valence-corrected chi connectivity index (χ1v) is 12.2. The minimum absolute atomic E-state index is 0.126. The van der Waals surface area contributed by atoms with Gasteiger partial charge in [0.25, 0.3) is 0 Å². The molecule has 0 radical (unpaired) electrons. The maximum Gasteiger partial charge on any atom is 0.243 e. The molecule has 1 saturated heterocycles. The summed E-state index contributed by atoms with van der Waals surface area (Å²) in [5.41, 5.74) is 0.984. The van der Waals surface area contributed by atoms with E-state index in [1.165, 1.54) is 4.88 Å². The number of hydrogen-bond donors (Lipinski definition) is 0. The van der Waals surface area contributed by atoms with Crippen LogP contribution in [-0.2, 0) is 27.8 Å². The van der Waals surface area contributed by atoms with Crippen molar-refractivity contribution in [3.63, 3.8) is 0 Å². The van der Waals surface area contributed by atoms with Gasteiger partial charge in [0.15, 0.2) is 0 Å². The van der Waals surface area contributed by atoms with Crippen molar-refractivity contribution in [2.75, 3.05) is 19.6 Å². The lowest BCUT2D eigenvalue weighted by atomic mass is 10.1. The minimum Gasteiger partial charge on any atom is -0.338 e. The second-order valence-electron chi connectivity index (χ2n) is 7.10. The van der Waals surface area contributed by atoms with Crippen molar-refractivity contribution in [3.05, 3.63) is 52.2 Å². The summed E-state index contributed by atoms with van der Waals surface area (Å²) in [4.78, 5) is 15.9. The Bertz CT molecular complexity index is 856. The summed E-state index contributed by atoms with van der Waals surface area (Å²) in [6.45, 7) is 4.54. The van der Waals surface area contributed by atoms with Crippen molar-refractivity contribution >= 4 is 27.3 Å². The van der Waals surface area contributed by atoms with Gasteiger partial charge in [-0.05, 0) is 55.3 Å². The lowest BCUT2D eigenvalue weighted by molar-refractivity contribution is -0.131. The molecule has 2 heterocycles. The quantitative estimate of drug-likeness (QED) is 0.651. The molecule has 0 atom stereocenters. The molecule has 1 aliphatic rings. The zero-order valence-electron chi connectivity index (χ0n) is 16.3. The number of amides is 1. The molecule has 0 N–H and O–H groups in total. The number of aryl methyl sites for hydroxylation is 1. The number of thiophene rings is 1. The number of benzene rings is 1. The number of piperidine rings is 1. The van der Waals surface area contributed by atoms with Crippen LogP contribution >= 0.6 is 11.3 Å². The summed E-state index contributed by atoms with van der Waals surface area (Å²) >= 11 is 1.66. The summed E-state index contributed by atoms with van der Waals surface area (Å²) in [5.74, 6) is 0.126. The number of sulfonamides is 1. The molecule has 0 spiro atoms. The van der Waals surface area contributed by atoms with E-state index in [1.807, 2.05) is 41.5 Å². The summed E-state index contributed by atoms with van der Waals surface area (Å²) < 4.78 is 27.0. The predicted molar refractivity (Wildman–Crippen MR) is 113 cm³/mol. The van der Waals surface area contributed by atoms with Crippen molar-refractivity contribution < 1.29 is 13.2 Å². The molecular formula is C21H28N2O3S2. The Balaban J connectivity index is 1.57. The predicted octanol–water partition coefficient (Wildman–Crippen LogP) is 3.90. The van der Waals surface area contributed by atoms with Gasteiger partial charge in [0.1, 0.15) is 0 Å².